The van der Waals surface area contributed by atoms with Gasteiger partial charge in [0.05, 0.1) is 0 Å². The first kappa shape index (κ1) is 12.4. The zero-order chi connectivity index (χ0) is 12.1. The molecule has 16 heavy (non-hydrogen) atoms. The molecule has 0 bridgehead atoms. The van der Waals surface area contributed by atoms with Crippen molar-refractivity contribution in [3.8, 4) is 0 Å². The van der Waals surface area contributed by atoms with Crippen molar-refractivity contribution in [1.82, 2.24) is 4.90 Å². The van der Waals surface area contributed by atoms with Crippen LogP contribution in [-0.4, -0.2) is 58.8 Å². The summed E-state index contributed by atoms with van der Waals surface area (Å²) < 4.78 is 5.08. The molecule has 0 unspecified atom stereocenters. The topological polar surface area (TPSA) is 104 Å². The van der Waals surface area contributed by atoms with E-state index in [0.717, 1.165) is 11.3 Å². The quantitative estimate of drug-likeness (QED) is 0.639. The first-order chi connectivity index (χ1) is 7.50. The summed E-state index contributed by atoms with van der Waals surface area (Å²) in [6.07, 6.45) is 0.539. The van der Waals surface area contributed by atoms with Gasteiger partial charge in [0.2, 0.25) is 0 Å². The molecule has 0 aromatic rings. The van der Waals surface area contributed by atoms with Gasteiger partial charge in [0.25, 0.3) is 5.91 Å². The Morgan fingerprint density at radius 1 is 1.19 bits per heavy atom. The van der Waals surface area contributed by atoms with Gasteiger partial charge in [-0.15, -0.1) is 0 Å². The van der Waals surface area contributed by atoms with Crippen LogP contribution in [0.3, 0.4) is 0 Å². The van der Waals surface area contributed by atoms with E-state index in [1.54, 1.807) is 0 Å². The van der Waals surface area contributed by atoms with Crippen LogP contribution in [0.25, 0.3) is 0 Å². The SMILES string of the molecule is O=C(O)CN(CC(=O)O)C(=O)[C@H]1CCCO1. The third-order valence-electron chi connectivity index (χ3n) is 2.17. The van der Waals surface area contributed by atoms with Crippen LogP contribution in [-0.2, 0) is 19.1 Å². The van der Waals surface area contributed by atoms with Crippen molar-refractivity contribution in [2.45, 2.75) is 18.9 Å². The monoisotopic (exact) mass is 231 g/mol. The predicted molar refractivity (Wildman–Crippen MR) is 50.8 cm³/mol. The lowest BCUT2D eigenvalue weighted by atomic mass is 10.2. The van der Waals surface area contributed by atoms with E-state index in [9.17, 15) is 14.4 Å². The van der Waals surface area contributed by atoms with Crippen molar-refractivity contribution in [3.05, 3.63) is 0 Å². The molecule has 1 heterocycles. The molecule has 0 spiro atoms. The Hall–Kier alpha value is -1.63. The van der Waals surface area contributed by atoms with Crippen LogP contribution in [0.15, 0.2) is 0 Å². The molecule has 1 amide bonds. The largest absolute Gasteiger partial charge is 0.480 e. The highest BCUT2D eigenvalue weighted by Gasteiger charge is 2.30. The van der Waals surface area contributed by atoms with Crippen LogP contribution in [0.5, 0.6) is 0 Å². The van der Waals surface area contributed by atoms with Gasteiger partial charge >= 0.3 is 11.9 Å². The maximum absolute atomic E-state index is 11.7. The van der Waals surface area contributed by atoms with E-state index in [4.69, 9.17) is 14.9 Å². The van der Waals surface area contributed by atoms with E-state index >= 15 is 0 Å². The normalized spacial score (nSPS) is 19.4. The number of carboxylic acids is 2. The molecule has 1 atom stereocenters. The van der Waals surface area contributed by atoms with E-state index < -0.39 is 37.0 Å². The molecule has 0 aromatic heterocycles. The highest BCUT2D eigenvalue weighted by molar-refractivity contribution is 5.87. The number of aliphatic carboxylic acids is 2. The molecule has 0 aliphatic carbocycles. The number of rotatable bonds is 5. The fourth-order valence-corrected chi connectivity index (χ4v) is 1.51. The molecule has 1 aliphatic heterocycles. The number of carboxylic acid groups (broad SMARTS) is 2. The van der Waals surface area contributed by atoms with Crippen LogP contribution in [0.1, 0.15) is 12.8 Å². The van der Waals surface area contributed by atoms with Crippen LogP contribution in [0.2, 0.25) is 0 Å². The molecule has 1 saturated heterocycles. The zero-order valence-corrected chi connectivity index (χ0v) is 8.59. The smallest absolute Gasteiger partial charge is 0.323 e. The molecule has 1 rings (SSSR count). The Kier molecular flexibility index (Phi) is 4.24. The molecule has 0 aromatic carbocycles. The summed E-state index contributed by atoms with van der Waals surface area (Å²) in [6, 6.07) is 0. The lowest BCUT2D eigenvalue weighted by molar-refractivity contribution is -0.153. The third kappa shape index (κ3) is 3.50. The minimum atomic E-state index is -1.24. The summed E-state index contributed by atoms with van der Waals surface area (Å²) >= 11 is 0. The third-order valence-corrected chi connectivity index (χ3v) is 2.17. The first-order valence-corrected chi connectivity index (χ1v) is 4.84. The second-order valence-corrected chi connectivity index (χ2v) is 3.48. The van der Waals surface area contributed by atoms with Gasteiger partial charge in [-0.3, -0.25) is 14.4 Å². The van der Waals surface area contributed by atoms with E-state index in [-0.39, 0.29) is 0 Å². The summed E-state index contributed by atoms with van der Waals surface area (Å²) in [5.74, 6) is -3.05. The summed E-state index contributed by atoms with van der Waals surface area (Å²) in [6.45, 7) is -0.791. The van der Waals surface area contributed by atoms with Crippen LogP contribution in [0.4, 0.5) is 0 Å². The summed E-state index contributed by atoms with van der Waals surface area (Å²) in [4.78, 5) is 33.4. The molecule has 2 N–H and O–H groups in total. The Morgan fingerprint density at radius 3 is 2.12 bits per heavy atom. The van der Waals surface area contributed by atoms with Crippen molar-refractivity contribution in [3.63, 3.8) is 0 Å². The number of carbonyl (C=O) groups excluding carboxylic acids is 1. The van der Waals surface area contributed by atoms with Crippen LogP contribution in [0, 0.1) is 0 Å². The van der Waals surface area contributed by atoms with E-state index in [0.29, 0.717) is 13.0 Å². The van der Waals surface area contributed by atoms with E-state index in [1.165, 1.54) is 0 Å². The zero-order valence-electron chi connectivity index (χ0n) is 8.59. The molecular weight excluding hydrogens is 218 g/mol. The van der Waals surface area contributed by atoms with E-state index in [2.05, 4.69) is 0 Å². The number of hydrogen-bond donors (Lipinski definition) is 2. The Labute approximate surface area is 91.6 Å². The lowest BCUT2D eigenvalue weighted by Crippen LogP contribution is -2.44. The minimum absolute atomic E-state index is 0.449. The predicted octanol–water partition coefficient (Wildman–Crippen LogP) is -0.837. The molecule has 7 heteroatoms. The average molecular weight is 231 g/mol. The fourth-order valence-electron chi connectivity index (χ4n) is 1.51. The van der Waals surface area contributed by atoms with Crippen molar-refractivity contribution in [1.29, 1.82) is 0 Å². The Morgan fingerprint density at radius 2 is 1.75 bits per heavy atom. The minimum Gasteiger partial charge on any atom is -0.480 e. The second-order valence-electron chi connectivity index (χ2n) is 3.48. The number of ether oxygens (including phenoxy) is 1. The van der Waals surface area contributed by atoms with Gasteiger partial charge in [0.15, 0.2) is 0 Å². The van der Waals surface area contributed by atoms with Crippen molar-refractivity contribution < 1.29 is 29.3 Å². The van der Waals surface area contributed by atoms with Crippen molar-refractivity contribution >= 4 is 17.8 Å². The first-order valence-electron chi connectivity index (χ1n) is 4.84. The van der Waals surface area contributed by atoms with Gasteiger partial charge < -0.3 is 19.8 Å². The van der Waals surface area contributed by atoms with Crippen LogP contribution < -0.4 is 0 Å². The lowest BCUT2D eigenvalue weighted by Gasteiger charge is -2.21. The Balaban J connectivity index is 2.62. The van der Waals surface area contributed by atoms with Gasteiger partial charge in [0, 0.05) is 6.61 Å². The van der Waals surface area contributed by atoms with Gasteiger partial charge in [-0.05, 0) is 12.8 Å². The Bertz CT molecular complexity index is 280. The molecule has 1 aliphatic rings. The molecule has 0 saturated carbocycles. The van der Waals surface area contributed by atoms with Gasteiger partial charge in [-0.2, -0.15) is 0 Å². The summed E-state index contributed by atoms with van der Waals surface area (Å²) in [5, 5.41) is 17.1. The highest BCUT2D eigenvalue weighted by Crippen LogP contribution is 2.14. The van der Waals surface area contributed by atoms with Gasteiger partial charge in [-0.25, -0.2) is 0 Å². The van der Waals surface area contributed by atoms with Gasteiger partial charge in [-0.1, -0.05) is 0 Å². The standard InChI is InChI=1S/C9H13NO6/c11-7(12)4-10(5-8(13)14)9(15)6-2-1-3-16-6/h6H,1-5H2,(H,11,12)(H,13,14)/t6-/m1/s1. The van der Waals surface area contributed by atoms with Gasteiger partial charge in [0.1, 0.15) is 19.2 Å². The molecule has 90 valence electrons. The molecular formula is C9H13NO6. The summed E-state index contributed by atoms with van der Waals surface area (Å²) in [7, 11) is 0. The average Bonchev–Trinajstić information content (AvgIpc) is 2.66. The van der Waals surface area contributed by atoms with Crippen molar-refractivity contribution in [2.75, 3.05) is 19.7 Å². The number of hydrogen-bond acceptors (Lipinski definition) is 4. The highest BCUT2D eigenvalue weighted by atomic mass is 16.5. The number of carbonyl (C=O) groups is 3. The van der Waals surface area contributed by atoms with Crippen molar-refractivity contribution in [2.24, 2.45) is 0 Å². The number of nitrogens with zero attached hydrogens (tertiary/aromatic N) is 1. The maximum atomic E-state index is 11.7. The molecule has 0 radical (unpaired) electrons. The number of amides is 1. The maximum Gasteiger partial charge on any atom is 0.323 e. The summed E-state index contributed by atoms with van der Waals surface area (Å²) in [5.41, 5.74) is 0. The molecule has 1 fully saturated rings. The van der Waals surface area contributed by atoms with E-state index in [1.807, 2.05) is 0 Å². The molecule has 7 nitrogen and oxygen atoms in total. The van der Waals surface area contributed by atoms with Crippen LogP contribution >= 0.6 is 0 Å². The fraction of sp³-hybridized carbons (Fsp3) is 0.667. The second kappa shape index (κ2) is 5.45.